The summed E-state index contributed by atoms with van der Waals surface area (Å²) in [5.41, 5.74) is 11.7. The lowest BCUT2D eigenvalue weighted by atomic mass is 9.98. The first-order valence-electron chi connectivity index (χ1n) is 15.7. The molecule has 3 rings (SSSR count). The van der Waals surface area contributed by atoms with E-state index in [9.17, 15) is 13.8 Å². The van der Waals surface area contributed by atoms with Crippen molar-refractivity contribution in [3.8, 4) is 0 Å². The Morgan fingerprint density at radius 1 is 1.07 bits per heavy atom. The number of hydrogen-bond acceptors (Lipinski definition) is 6. The summed E-state index contributed by atoms with van der Waals surface area (Å²) in [5.74, 6) is 0.709. The molecule has 3 unspecified atom stereocenters. The number of amides is 1. The van der Waals surface area contributed by atoms with E-state index in [0.717, 1.165) is 68.8 Å². The molecule has 3 atom stereocenters. The molecule has 0 radical (unpaired) electrons. The number of anilines is 1. The number of nitrogens with one attached hydrogen (secondary N) is 1. The molecule has 1 aliphatic carbocycles. The van der Waals surface area contributed by atoms with Crippen LogP contribution in [0.2, 0.25) is 0 Å². The topological polar surface area (TPSA) is 108 Å². The molecule has 1 heterocycles. The van der Waals surface area contributed by atoms with E-state index in [1.807, 2.05) is 4.90 Å². The number of piperazine rings is 1. The molecule has 1 aromatic carbocycles. The smallest absolute Gasteiger partial charge is 0.244 e. The van der Waals surface area contributed by atoms with Gasteiger partial charge in [-0.2, -0.15) is 0 Å². The fourth-order valence-corrected chi connectivity index (χ4v) is 6.18. The van der Waals surface area contributed by atoms with E-state index in [0.29, 0.717) is 24.8 Å². The minimum atomic E-state index is -0.864. The predicted octanol–water partition coefficient (Wildman–Crippen LogP) is 5.24. The first-order chi connectivity index (χ1) is 20.0. The number of allylic oxidation sites excluding steroid dienone is 2. The maximum absolute atomic E-state index is 12.6. The highest BCUT2D eigenvalue weighted by Crippen LogP contribution is 2.25. The summed E-state index contributed by atoms with van der Waals surface area (Å²) in [6.45, 7) is 15.6. The molecular formula is C33H55N5O3S. The third-order valence-corrected chi connectivity index (χ3v) is 9.19. The zero-order valence-electron chi connectivity index (χ0n) is 27.1. The van der Waals surface area contributed by atoms with Gasteiger partial charge in [0.25, 0.3) is 0 Å². The van der Waals surface area contributed by atoms with Crippen molar-refractivity contribution >= 4 is 34.1 Å². The van der Waals surface area contributed by atoms with E-state index in [4.69, 9.17) is 5.73 Å². The van der Waals surface area contributed by atoms with E-state index in [1.165, 1.54) is 36.6 Å². The molecule has 0 spiro atoms. The number of ketones is 1. The third kappa shape index (κ3) is 11.3. The number of aryl methyl sites for hydroxylation is 1. The highest BCUT2D eigenvalue weighted by atomic mass is 32.2. The Labute approximate surface area is 257 Å². The monoisotopic (exact) mass is 601 g/mol. The van der Waals surface area contributed by atoms with Crippen molar-refractivity contribution in [3.63, 3.8) is 0 Å². The van der Waals surface area contributed by atoms with Crippen molar-refractivity contribution in [2.45, 2.75) is 99.0 Å². The first kappa shape index (κ1) is 35.7. The highest BCUT2D eigenvalue weighted by molar-refractivity contribution is 7.82. The molecule has 1 saturated carbocycles. The minimum Gasteiger partial charge on any atom is -0.396 e. The number of nitrogens with two attached hydrogens (primary N) is 1. The third-order valence-electron chi connectivity index (χ3n) is 8.52. The number of rotatable bonds is 12. The van der Waals surface area contributed by atoms with E-state index in [-0.39, 0.29) is 18.2 Å². The normalized spacial score (nSPS) is 19.6. The standard InChI is InChI=1S/C22H30N4O2.C11H25NOS/c1-15-6-4-9-20(16(15)2)25-10-12-26(13-11-25)21(28)14-24-19-8-5-7-18(19)22(23)17(3)27;1-5-7-11(12-14(4)13)9-8-10(3)6-2/h4,6,9H,5,7-8,10-14,23H2,1-3H3;10-12H,5-9H2,1-4H3/b22-18-,24-19?;. The van der Waals surface area contributed by atoms with Crippen molar-refractivity contribution in [2.24, 2.45) is 16.6 Å². The van der Waals surface area contributed by atoms with Gasteiger partial charge in [-0.05, 0) is 81.1 Å². The zero-order valence-corrected chi connectivity index (χ0v) is 27.9. The maximum Gasteiger partial charge on any atom is 0.244 e. The fourth-order valence-electron chi connectivity index (χ4n) is 5.48. The van der Waals surface area contributed by atoms with Crippen LogP contribution in [0.15, 0.2) is 34.5 Å². The number of hydrogen-bond donors (Lipinski definition) is 2. The molecule has 0 aromatic heterocycles. The summed E-state index contributed by atoms with van der Waals surface area (Å²) in [6, 6.07) is 6.81. The van der Waals surface area contributed by atoms with Crippen LogP contribution in [-0.4, -0.2) is 71.5 Å². The van der Waals surface area contributed by atoms with E-state index in [2.05, 4.69) is 67.4 Å². The average molecular weight is 602 g/mol. The molecule has 9 heteroatoms. The molecule has 0 bridgehead atoms. The van der Waals surface area contributed by atoms with Crippen molar-refractivity contribution < 1.29 is 13.8 Å². The Morgan fingerprint density at radius 3 is 2.36 bits per heavy atom. The summed E-state index contributed by atoms with van der Waals surface area (Å²) < 4.78 is 14.2. The van der Waals surface area contributed by atoms with Gasteiger partial charge in [0.1, 0.15) is 6.54 Å². The summed E-state index contributed by atoms with van der Waals surface area (Å²) in [5, 5.41) is 0. The van der Waals surface area contributed by atoms with E-state index in [1.54, 1.807) is 6.26 Å². The van der Waals surface area contributed by atoms with Crippen molar-refractivity contribution in [3.05, 3.63) is 40.6 Å². The van der Waals surface area contributed by atoms with E-state index >= 15 is 0 Å². The molecule has 236 valence electrons. The second-order valence-corrected chi connectivity index (χ2v) is 12.9. The Bertz CT molecular complexity index is 1120. The fraction of sp³-hybridized carbons (Fsp3) is 0.667. The predicted molar refractivity (Wildman–Crippen MR) is 177 cm³/mol. The van der Waals surface area contributed by atoms with Gasteiger partial charge in [0.15, 0.2) is 5.78 Å². The lowest BCUT2D eigenvalue weighted by Crippen LogP contribution is -2.49. The van der Waals surface area contributed by atoms with Gasteiger partial charge in [-0.15, -0.1) is 0 Å². The van der Waals surface area contributed by atoms with Crippen LogP contribution in [0.4, 0.5) is 5.69 Å². The van der Waals surface area contributed by atoms with Crippen LogP contribution in [0.3, 0.4) is 0 Å². The Kier molecular flexibility index (Phi) is 15.5. The molecular weight excluding hydrogens is 546 g/mol. The van der Waals surface area contributed by atoms with Gasteiger partial charge in [0.05, 0.1) is 16.7 Å². The number of carbonyl (C=O) groups is 2. The summed E-state index contributed by atoms with van der Waals surface area (Å²) in [4.78, 5) is 32.9. The van der Waals surface area contributed by atoms with Crippen molar-refractivity contribution in [1.29, 1.82) is 0 Å². The molecule has 1 saturated heterocycles. The number of benzene rings is 1. The number of Topliss-reactive ketones (excluding diaryl/α,β-unsaturated/α-hetero) is 1. The minimum absolute atomic E-state index is 0.0424. The first-order valence-corrected chi connectivity index (χ1v) is 17.3. The van der Waals surface area contributed by atoms with Crippen LogP contribution in [-0.2, 0) is 20.6 Å². The Balaban J connectivity index is 0.000000374. The average Bonchev–Trinajstić information content (AvgIpc) is 3.44. The zero-order chi connectivity index (χ0) is 31.2. The van der Waals surface area contributed by atoms with Crippen LogP contribution in [0.5, 0.6) is 0 Å². The number of nitrogens with zero attached hydrogens (tertiary/aromatic N) is 3. The van der Waals surface area contributed by atoms with Crippen LogP contribution < -0.4 is 15.4 Å². The van der Waals surface area contributed by atoms with Gasteiger partial charge in [-0.3, -0.25) is 14.6 Å². The van der Waals surface area contributed by atoms with Crippen LogP contribution >= 0.6 is 0 Å². The lowest BCUT2D eigenvalue weighted by molar-refractivity contribution is -0.129. The molecule has 42 heavy (non-hydrogen) atoms. The molecule has 3 N–H and O–H groups in total. The van der Waals surface area contributed by atoms with Crippen LogP contribution in [0.1, 0.15) is 90.2 Å². The Hall–Kier alpha value is -2.52. The SMILES string of the molecule is CC(=O)/C(N)=C1\CCCC1=NCC(=O)N1CCN(c2cccc(C)c2C)CC1.CCCC(CCC(C)CC)NS(C)=O. The second-order valence-electron chi connectivity index (χ2n) is 11.8. The van der Waals surface area contributed by atoms with Gasteiger partial charge >= 0.3 is 0 Å². The van der Waals surface area contributed by atoms with Crippen molar-refractivity contribution in [1.82, 2.24) is 9.62 Å². The highest BCUT2D eigenvalue weighted by Gasteiger charge is 2.24. The quantitative estimate of drug-likeness (QED) is 0.319. The summed E-state index contributed by atoms with van der Waals surface area (Å²) in [7, 11) is -0.864. The Morgan fingerprint density at radius 2 is 1.76 bits per heavy atom. The van der Waals surface area contributed by atoms with Gasteiger partial charge in [-0.1, -0.05) is 45.7 Å². The van der Waals surface area contributed by atoms with Crippen LogP contribution in [0, 0.1) is 19.8 Å². The second kappa shape index (κ2) is 18.2. The molecule has 2 aliphatic rings. The van der Waals surface area contributed by atoms with Gasteiger partial charge in [-0.25, -0.2) is 8.93 Å². The number of aliphatic imine (C=N–C) groups is 1. The summed E-state index contributed by atoms with van der Waals surface area (Å²) >= 11 is 0. The van der Waals surface area contributed by atoms with Gasteiger partial charge < -0.3 is 15.5 Å². The number of carbonyl (C=O) groups excluding carboxylic acids is 2. The summed E-state index contributed by atoms with van der Waals surface area (Å²) in [6.07, 6.45) is 10.1. The maximum atomic E-state index is 12.6. The molecule has 1 aliphatic heterocycles. The molecule has 1 aromatic rings. The van der Waals surface area contributed by atoms with Gasteiger partial charge in [0.2, 0.25) is 5.91 Å². The lowest BCUT2D eigenvalue weighted by Gasteiger charge is -2.37. The van der Waals surface area contributed by atoms with Gasteiger partial charge in [0, 0.05) is 56.8 Å². The molecule has 2 fully saturated rings. The molecule has 8 nitrogen and oxygen atoms in total. The van der Waals surface area contributed by atoms with Crippen molar-refractivity contribution in [2.75, 3.05) is 43.9 Å². The van der Waals surface area contributed by atoms with Crippen LogP contribution in [0.25, 0.3) is 0 Å². The van der Waals surface area contributed by atoms with E-state index < -0.39 is 11.0 Å². The molecule has 1 amide bonds. The largest absolute Gasteiger partial charge is 0.396 e.